The lowest BCUT2D eigenvalue weighted by atomic mass is 10.1. The number of halogens is 3. The van der Waals surface area contributed by atoms with Crippen molar-refractivity contribution in [2.24, 2.45) is 0 Å². The van der Waals surface area contributed by atoms with Crippen molar-refractivity contribution in [1.82, 2.24) is 15.1 Å². The number of nitrogens with zero attached hydrogens (tertiary/aromatic N) is 2. The summed E-state index contributed by atoms with van der Waals surface area (Å²) in [7, 11) is 0. The molecule has 1 N–H and O–H groups in total. The van der Waals surface area contributed by atoms with Crippen LogP contribution < -0.4 is 5.32 Å². The van der Waals surface area contributed by atoms with Gasteiger partial charge in [-0.3, -0.25) is 0 Å². The fourth-order valence-electron chi connectivity index (χ4n) is 1.93. The highest BCUT2D eigenvalue weighted by molar-refractivity contribution is 5.45. The van der Waals surface area contributed by atoms with Crippen LogP contribution in [0.5, 0.6) is 0 Å². The summed E-state index contributed by atoms with van der Waals surface area (Å²) < 4.78 is 40.8. The fourth-order valence-corrected chi connectivity index (χ4v) is 1.93. The smallest absolute Gasteiger partial charge is 0.313 e. The molecule has 6 heteroatoms. The SMILES string of the molecule is CCNCc1ccc(-n2cc(C)cn2)c(C(F)(F)F)c1. The number of hydrogen-bond donors (Lipinski definition) is 1. The van der Waals surface area contributed by atoms with Gasteiger partial charge in [-0.25, -0.2) is 4.68 Å². The van der Waals surface area contributed by atoms with Gasteiger partial charge in [-0.15, -0.1) is 0 Å². The van der Waals surface area contributed by atoms with Crippen molar-refractivity contribution in [3.05, 3.63) is 47.3 Å². The summed E-state index contributed by atoms with van der Waals surface area (Å²) in [5, 5.41) is 6.97. The van der Waals surface area contributed by atoms with E-state index in [0.29, 0.717) is 18.7 Å². The second kappa shape index (κ2) is 5.66. The van der Waals surface area contributed by atoms with E-state index in [1.54, 1.807) is 19.2 Å². The number of hydrogen-bond acceptors (Lipinski definition) is 2. The van der Waals surface area contributed by atoms with Crippen molar-refractivity contribution in [3.8, 4) is 5.69 Å². The van der Waals surface area contributed by atoms with E-state index >= 15 is 0 Å². The van der Waals surface area contributed by atoms with Crippen LogP contribution in [0.1, 0.15) is 23.6 Å². The van der Waals surface area contributed by atoms with Gasteiger partial charge >= 0.3 is 6.18 Å². The van der Waals surface area contributed by atoms with Gasteiger partial charge in [0.15, 0.2) is 0 Å². The van der Waals surface area contributed by atoms with Crippen LogP contribution in [0.2, 0.25) is 0 Å². The first-order valence-corrected chi connectivity index (χ1v) is 6.34. The second-order valence-electron chi connectivity index (χ2n) is 4.59. The Morgan fingerprint density at radius 2 is 2.05 bits per heavy atom. The normalized spacial score (nSPS) is 11.8. The molecule has 1 aromatic carbocycles. The molecule has 0 aliphatic carbocycles. The molecule has 0 aliphatic heterocycles. The molecular weight excluding hydrogens is 267 g/mol. The molecule has 108 valence electrons. The Morgan fingerprint density at radius 3 is 2.60 bits per heavy atom. The van der Waals surface area contributed by atoms with E-state index < -0.39 is 11.7 Å². The molecule has 1 heterocycles. The van der Waals surface area contributed by atoms with E-state index in [9.17, 15) is 13.2 Å². The third-order valence-corrected chi connectivity index (χ3v) is 2.90. The van der Waals surface area contributed by atoms with Gasteiger partial charge in [0, 0.05) is 12.7 Å². The van der Waals surface area contributed by atoms with Gasteiger partial charge in [0.05, 0.1) is 17.4 Å². The highest BCUT2D eigenvalue weighted by atomic mass is 19.4. The zero-order chi connectivity index (χ0) is 14.8. The van der Waals surface area contributed by atoms with Crippen molar-refractivity contribution in [2.45, 2.75) is 26.6 Å². The molecule has 2 rings (SSSR count). The maximum atomic E-state index is 13.2. The van der Waals surface area contributed by atoms with Gasteiger partial charge in [-0.1, -0.05) is 13.0 Å². The Morgan fingerprint density at radius 1 is 1.30 bits per heavy atom. The minimum atomic E-state index is -4.41. The number of alkyl halides is 3. The molecule has 20 heavy (non-hydrogen) atoms. The van der Waals surface area contributed by atoms with Crippen LogP contribution in [0, 0.1) is 6.92 Å². The average molecular weight is 283 g/mol. The lowest BCUT2D eigenvalue weighted by Crippen LogP contribution is -2.15. The standard InChI is InChI=1S/C14H16F3N3/c1-3-18-8-11-4-5-13(12(6-11)14(15,16)17)20-9-10(2)7-19-20/h4-7,9,18H,3,8H2,1-2H3. The number of aromatic nitrogens is 2. The van der Waals surface area contributed by atoms with Crippen LogP contribution in [-0.2, 0) is 12.7 Å². The minimum absolute atomic E-state index is 0.0471. The van der Waals surface area contributed by atoms with Gasteiger partial charge in [-0.2, -0.15) is 18.3 Å². The highest BCUT2D eigenvalue weighted by Gasteiger charge is 2.34. The molecule has 0 unspecified atom stereocenters. The molecule has 0 radical (unpaired) electrons. The summed E-state index contributed by atoms with van der Waals surface area (Å²) in [6.45, 7) is 4.82. The van der Waals surface area contributed by atoms with Gasteiger partial charge in [0.2, 0.25) is 0 Å². The molecule has 2 aromatic rings. The minimum Gasteiger partial charge on any atom is -0.313 e. The zero-order valence-corrected chi connectivity index (χ0v) is 11.3. The summed E-state index contributed by atoms with van der Waals surface area (Å²) in [5.41, 5.74) is 0.795. The van der Waals surface area contributed by atoms with Gasteiger partial charge in [-0.05, 0) is 36.7 Å². The van der Waals surface area contributed by atoms with Crippen LogP contribution >= 0.6 is 0 Å². The lowest BCUT2D eigenvalue weighted by molar-refractivity contribution is -0.137. The molecule has 3 nitrogen and oxygen atoms in total. The summed E-state index contributed by atoms with van der Waals surface area (Å²) in [6, 6.07) is 4.32. The maximum Gasteiger partial charge on any atom is 0.418 e. The number of benzene rings is 1. The first-order chi connectivity index (χ1) is 9.41. The number of nitrogens with one attached hydrogen (secondary N) is 1. The fraction of sp³-hybridized carbons (Fsp3) is 0.357. The van der Waals surface area contributed by atoms with Crippen LogP contribution in [-0.4, -0.2) is 16.3 Å². The van der Waals surface area contributed by atoms with Crippen molar-refractivity contribution >= 4 is 0 Å². The van der Waals surface area contributed by atoms with Gasteiger partial charge in [0.1, 0.15) is 0 Å². The Labute approximate surface area is 115 Å². The predicted octanol–water partition coefficient (Wildman–Crippen LogP) is 3.31. The molecule has 0 bridgehead atoms. The van der Waals surface area contributed by atoms with E-state index in [1.165, 1.54) is 23.0 Å². The van der Waals surface area contributed by atoms with Gasteiger partial charge < -0.3 is 5.32 Å². The van der Waals surface area contributed by atoms with Crippen LogP contribution in [0.25, 0.3) is 5.69 Å². The largest absolute Gasteiger partial charge is 0.418 e. The van der Waals surface area contributed by atoms with Crippen molar-refractivity contribution in [1.29, 1.82) is 0 Å². The van der Waals surface area contributed by atoms with Crippen molar-refractivity contribution in [3.63, 3.8) is 0 Å². The van der Waals surface area contributed by atoms with Crippen LogP contribution in [0.3, 0.4) is 0 Å². The summed E-state index contributed by atoms with van der Waals surface area (Å²) in [6.07, 6.45) is -1.29. The molecule has 0 atom stereocenters. The quantitative estimate of drug-likeness (QED) is 0.933. The second-order valence-corrected chi connectivity index (χ2v) is 4.59. The van der Waals surface area contributed by atoms with E-state index in [4.69, 9.17) is 0 Å². The molecule has 0 fully saturated rings. The molecule has 0 aliphatic rings. The zero-order valence-electron chi connectivity index (χ0n) is 11.3. The van der Waals surface area contributed by atoms with Crippen molar-refractivity contribution in [2.75, 3.05) is 6.54 Å². The number of aryl methyl sites for hydroxylation is 1. The molecule has 0 amide bonds. The molecule has 0 saturated heterocycles. The number of rotatable bonds is 4. The van der Waals surface area contributed by atoms with Crippen LogP contribution in [0.4, 0.5) is 13.2 Å². The summed E-state index contributed by atoms with van der Waals surface area (Å²) >= 11 is 0. The molecule has 1 aromatic heterocycles. The van der Waals surface area contributed by atoms with E-state index in [-0.39, 0.29) is 5.69 Å². The maximum absolute atomic E-state index is 13.2. The van der Waals surface area contributed by atoms with E-state index in [0.717, 1.165) is 5.56 Å². The molecule has 0 spiro atoms. The first kappa shape index (κ1) is 14.6. The van der Waals surface area contributed by atoms with Crippen LogP contribution in [0.15, 0.2) is 30.6 Å². The molecular formula is C14H16F3N3. The third kappa shape index (κ3) is 3.19. The monoisotopic (exact) mass is 283 g/mol. The molecule has 0 saturated carbocycles. The van der Waals surface area contributed by atoms with E-state index in [1.807, 2.05) is 6.92 Å². The first-order valence-electron chi connectivity index (χ1n) is 6.34. The highest BCUT2D eigenvalue weighted by Crippen LogP contribution is 2.34. The summed E-state index contributed by atoms with van der Waals surface area (Å²) in [4.78, 5) is 0. The topological polar surface area (TPSA) is 29.9 Å². The average Bonchev–Trinajstić information content (AvgIpc) is 2.81. The summed E-state index contributed by atoms with van der Waals surface area (Å²) in [5.74, 6) is 0. The third-order valence-electron chi connectivity index (χ3n) is 2.90. The van der Waals surface area contributed by atoms with Gasteiger partial charge in [0.25, 0.3) is 0 Å². The Kier molecular flexibility index (Phi) is 4.13. The Hall–Kier alpha value is -1.82. The lowest BCUT2D eigenvalue weighted by Gasteiger charge is -2.14. The predicted molar refractivity (Wildman–Crippen MR) is 70.7 cm³/mol. The Bertz CT molecular complexity index is 588. The van der Waals surface area contributed by atoms with Crippen molar-refractivity contribution < 1.29 is 13.2 Å². The Balaban J connectivity index is 2.46. The van der Waals surface area contributed by atoms with E-state index in [2.05, 4.69) is 10.4 Å².